The van der Waals surface area contributed by atoms with E-state index in [0.717, 1.165) is 38.9 Å². The van der Waals surface area contributed by atoms with Gasteiger partial charge in [-0.05, 0) is 61.5 Å². The molecule has 5 N–H and O–H groups in total. The highest BCUT2D eigenvalue weighted by Crippen LogP contribution is 2.32. The Morgan fingerprint density at radius 3 is 2.78 bits per heavy atom. The van der Waals surface area contributed by atoms with Crippen LogP contribution in [0.2, 0.25) is 0 Å². The van der Waals surface area contributed by atoms with Crippen molar-refractivity contribution >= 4 is 45.3 Å². The highest BCUT2D eigenvalue weighted by molar-refractivity contribution is 6.00. The number of methoxy groups -OCH3 is 1. The van der Waals surface area contributed by atoms with E-state index in [0.29, 0.717) is 11.4 Å². The molecule has 0 saturated heterocycles. The van der Waals surface area contributed by atoms with Crippen LogP contribution >= 0.6 is 0 Å². The fraction of sp³-hybridized carbons (Fsp3) is 0.0741. The number of carbonyl (C=O) groups excluding carboxylic acids is 1. The van der Waals surface area contributed by atoms with Crippen molar-refractivity contribution in [1.29, 1.82) is 0 Å². The molecule has 3 aromatic carbocycles. The fourth-order valence-corrected chi connectivity index (χ4v) is 3.97. The Labute approximate surface area is 206 Å². The zero-order chi connectivity index (χ0) is 25.2. The molecule has 9 heteroatoms. The van der Waals surface area contributed by atoms with Gasteiger partial charge < -0.3 is 25.3 Å². The summed E-state index contributed by atoms with van der Waals surface area (Å²) >= 11 is 0. The average Bonchev–Trinajstić information content (AvgIpc) is 3.29. The number of hydrogen-bond acceptors (Lipinski definition) is 7. The van der Waals surface area contributed by atoms with E-state index in [1.807, 2.05) is 49.4 Å². The molecule has 0 aliphatic heterocycles. The second kappa shape index (κ2) is 9.30. The standard InChI is InChI=1S/C27H23N5O4/c1-15-10-22(20-4-3-5-25(36-2)26(20)29-15)30-18-6-8-21-16(11-18)13-23(31-21)27(35)32-28-14-17-12-19(33)7-9-24(17)34/h3-14,31,33-34H,1-2H3,(H,29,30)(H,32,35)/b28-14+. The Balaban J connectivity index is 1.37. The maximum Gasteiger partial charge on any atom is 0.287 e. The predicted octanol–water partition coefficient (Wildman–Crippen LogP) is 4.95. The van der Waals surface area contributed by atoms with Crippen molar-refractivity contribution < 1.29 is 19.7 Å². The van der Waals surface area contributed by atoms with E-state index in [2.05, 4.69) is 25.8 Å². The number of ether oxygens (including phenoxy) is 1. The number of benzene rings is 3. The minimum Gasteiger partial charge on any atom is -0.508 e. The van der Waals surface area contributed by atoms with Gasteiger partial charge in [0.15, 0.2) is 0 Å². The van der Waals surface area contributed by atoms with Gasteiger partial charge in [-0.2, -0.15) is 5.10 Å². The summed E-state index contributed by atoms with van der Waals surface area (Å²) in [5.74, 6) is 0.180. The Morgan fingerprint density at radius 1 is 1.08 bits per heavy atom. The molecule has 5 rings (SSSR count). The van der Waals surface area contributed by atoms with Gasteiger partial charge in [0.25, 0.3) is 5.91 Å². The van der Waals surface area contributed by atoms with Gasteiger partial charge in [-0.1, -0.05) is 12.1 Å². The smallest absolute Gasteiger partial charge is 0.287 e. The number of aromatic nitrogens is 2. The lowest BCUT2D eigenvalue weighted by Crippen LogP contribution is -2.17. The maximum absolute atomic E-state index is 12.6. The Morgan fingerprint density at radius 2 is 1.94 bits per heavy atom. The minimum absolute atomic E-state index is 0.0188. The number of anilines is 2. The number of aromatic amines is 1. The first-order valence-electron chi connectivity index (χ1n) is 11.1. The van der Waals surface area contributed by atoms with E-state index < -0.39 is 5.91 Å². The molecule has 0 fully saturated rings. The van der Waals surface area contributed by atoms with Crippen molar-refractivity contribution in [3.8, 4) is 17.2 Å². The molecule has 0 radical (unpaired) electrons. The highest BCUT2D eigenvalue weighted by atomic mass is 16.5. The van der Waals surface area contributed by atoms with E-state index in [4.69, 9.17) is 4.74 Å². The number of aryl methyl sites for hydroxylation is 1. The number of H-pyrrole nitrogens is 1. The van der Waals surface area contributed by atoms with Gasteiger partial charge in [0.1, 0.15) is 28.5 Å². The average molecular weight is 482 g/mol. The van der Waals surface area contributed by atoms with Crippen LogP contribution in [-0.2, 0) is 0 Å². The van der Waals surface area contributed by atoms with Gasteiger partial charge in [-0.25, -0.2) is 10.4 Å². The number of nitrogens with one attached hydrogen (secondary N) is 3. The predicted molar refractivity (Wildman–Crippen MR) is 139 cm³/mol. The van der Waals surface area contributed by atoms with Crippen LogP contribution in [0.3, 0.4) is 0 Å². The molecule has 9 nitrogen and oxygen atoms in total. The third kappa shape index (κ3) is 4.49. The number of fused-ring (bicyclic) bond motifs is 2. The van der Waals surface area contributed by atoms with E-state index in [1.54, 1.807) is 13.2 Å². The lowest BCUT2D eigenvalue weighted by atomic mass is 10.1. The van der Waals surface area contributed by atoms with Gasteiger partial charge in [0, 0.05) is 38.9 Å². The van der Waals surface area contributed by atoms with Gasteiger partial charge in [0.05, 0.1) is 13.3 Å². The molecule has 0 unspecified atom stereocenters. The molecule has 5 aromatic rings. The number of para-hydroxylation sites is 1. The molecule has 0 aliphatic carbocycles. The lowest BCUT2D eigenvalue weighted by Gasteiger charge is -2.13. The molecule has 0 aliphatic rings. The first-order chi connectivity index (χ1) is 17.4. The van der Waals surface area contributed by atoms with Crippen LogP contribution in [0, 0.1) is 6.92 Å². The summed E-state index contributed by atoms with van der Waals surface area (Å²) in [5.41, 5.74) is 7.20. The van der Waals surface area contributed by atoms with Crippen molar-refractivity contribution in [1.82, 2.24) is 15.4 Å². The van der Waals surface area contributed by atoms with Gasteiger partial charge in [-0.3, -0.25) is 4.79 Å². The first-order valence-corrected chi connectivity index (χ1v) is 11.1. The minimum atomic E-state index is -0.445. The molecule has 2 heterocycles. The second-order valence-electron chi connectivity index (χ2n) is 8.22. The number of hydrogen-bond donors (Lipinski definition) is 5. The maximum atomic E-state index is 12.6. The Kier molecular flexibility index (Phi) is 5.87. The molecule has 36 heavy (non-hydrogen) atoms. The summed E-state index contributed by atoms with van der Waals surface area (Å²) < 4.78 is 5.47. The summed E-state index contributed by atoms with van der Waals surface area (Å²) in [7, 11) is 1.63. The van der Waals surface area contributed by atoms with Crippen LogP contribution < -0.4 is 15.5 Å². The van der Waals surface area contributed by atoms with Crippen molar-refractivity contribution in [2.75, 3.05) is 12.4 Å². The van der Waals surface area contributed by atoms with Crippen LogP contribution in [0.25, 0.3) is 21.8 Å². The SMILES string of the molecule is COc1cccc2c(Nc3ccc4[nH]c(C(=O)N/N=C/c5cc(O)ccc5O)cc4c3)cc(C)nc12. The van der Waals surface area contributed by atoms with Gasteiger partial charge >= 0.3 is 0 Å². The van der Waals surface area contributed by atoms with Crippen LogP contribution in [0.15, 0.2) is 71.8 Å². The van der Waals surface area contributed by atoms with E-state index in [9.17, 15) is 15.0 Å². The third-order valence-electron chi connectivity index (χ3n) is 5.68. The molecule has 180 valence electrons. The lowest BCUT2D eigenvalue weighted by molar-refractivity contribution is 0.0951. The van der Waals surface area contributed by atoms with Crippen molar-refractivity contribution in [3.63, 3.8) is 0 Å². The number of rotatable bonds is 6. The Bertz CT molecular complexity index is 1640. The quantitative estimate of drug-likeness (QED) is 0.132. The van der Waals surface area contributed by atoms with E-state index in [1.165, 1.54) is 24.4 Å². The van der Waals surface area contributed by atoms with Crippen LogP contribution in [0.5, 0.6) is 17.2 Å². The molecule has 1 amide bonds. The Hall–Kier alpha value is -5.05. The number of phenols is 2. The molecule has 0 spiro atoms. The monoisotopic (exact) mass is 481 g/mol. The van der Waals surface area contributed by atoms with Gasteiger partial charge in [0.2, 0.25) is 0 Å². The fourth-order valence-electron chi connectivity index (χ4n) is 3.97. The highest BCUT2D eigenvalue weighted by Gasteiger charge is 2.12. The number of nitrogens with zero attached hydrogens (tertiary/aromatic N) is 2. The summed E-state index contributed by atoms with van der Waals surface area (Å²) in [6.07, 6.45) is 1.26. The van der Waals surface area contributed by atoms with Crippen molar-refractivity contribution in [2.24, 2.45) is 5.10 Å². The van der Waals surface area contributed by atoms with E-state index >= 15 is 0 Å². The summed E-state index contributed by atoms with van der Waals surface area (Å²) in [5, 5.41) is 28.4. The molecular weight excluding hydrogens is 458 g/mol. The number of hydrazone groups is 1. The largest absolute Gasteiger partial charge is 0.508 e. The summed E-state index contributed by atoms with van der Waals surface area (Å²) in [6.45, 7) is 1.93. The zero-order valence-corrected chi connectivity index (χ0v) is 19.5. The van der Waals surface area contributed by atoms with Crippen molar-refractivity contribution in [2.45, 2.75) is 6.92 Å². The van der Waals surface area contributed by atoms with Crippen LogP contribution in [-0.4, -0.2) is 39.4 Å². The number of carbonyl (C=O) groups is 1. The van der Waals surface area contributed by atoms with Crippen LogP contribution in [0.4, 0.5) is 11.4 Å². The zero-order valence-electron chi connectivity index (χ0n) is 19.5. The second-order valence-corrected chi connectivity index (χ2v) is 8.22. The normalized spacial score (nSPS) is 11.3. The number of phenolic OH excluding ortho intramolecular Hbond substituents is 2. The number of amides is 1. The first kappa shape index (κ1) is 22.7. The summed E-state index contributed by atoms with van der Waals surface area (Å²) in [4.78, 5) is 20.3. The number of pyridine rings is 1. The molecule has 0 saturated carbocycles. The van der Waals surface area contributed by atoms with E-state index in [-0.39, 0.29) is 17.1 Å². The molecule has 0 atom stereocenters. The van der Waals surface area contributed by atoms with Crippen molar-refractivity contribution in [3.05, 3.63) is 83.7 Å². The molecular formula is C27H23N5O4. The van der Waals surface area contributed by atoms with Crippen LogP contribution in [0.1, 0.15) is 21.7 Å². The molecule has 0 bridgehead atoms. The van der Waals surface area contributed by atoms with Gasteiger partial charge in [-0.15, -0.1) is 0 Å². The number of aromatic hydroxyl groups is 2. The molecule has 2 aromatic heterocycles. The third-order valence-corrected chi connectivity index (χ3v) is 5.68. The topological polar surface area (TPSA) is 132 Å². The summed E-state index contributed by atoms with van der Waals surface area (Å²) in [6, 6.07) is 19.3.